The lowest BCUT2D eigenvalue weighted by Gasteiger charge is -2.34. The second kappa shape index (κ2) is 19.4. The van der Waals surface area contributed by atoms with Crippen molar-refractivity contribution in [1.29, 1.82) is 0 Å². The molecule has 1 aromatic heterocycles. The number of carbonyl (C=O) groups excluding carboxylic acids is 3. The molecule has 6 atom stereocenters. The lowest BCUT2D eigenvalue weighted by molar-refractivity contribution is -0.274. The number of nitrogens with zero attached hydrogens (tertiary/aromatic N) is 1. The molecule has 17 heteroatoms. The lowest BCUT2D eigenvalue weighted by Crippen LogP contribution is -2.57. The van der Waals surface area contributed by atoms with Gasteiger partial charge >= 0.3 is 12.5 Å². The minimum absolute atomic E-state index is 0.0255. The van der Waals surface area contributed by atoms with Crippen LogP contribution in [0.2, 0.25) is 0 Å². The predicted octanol–water partition coefficient (Wildman–Crippen LogP) is 5.81. The number of ether oxygens (including phenoxy) is 4. The van der Waals surface area contributed by atoms with Crippen LogP contribution in [0.4, 0.5) is 22.4 Å². The molecule has 0 saturated heterocycles. The summed E-state index contributed by atoms with van der Waals surface area (Å²) in [4.78, 5) is 44.8. The van der Waals surface area contributed by atoms with Crippen molar-refractivity contribution in [2.45, 2.75) is 76.7 Å². The first kappa shape index (κ1) is 45.1. The molecule has 2 heterocycles. The number of aromatic nitrogens is 1. The predicted molar refractivity (Wildman–Crippen MR) is 210 cm³/mol. The molecule has 1 aliphatic rings. The van der Waals surface area contributed by atoms with Crippen molar-refractivity contribution in [2.75, 3.05) is 20.8 Å². The topological polar surface area (TPSA) is 178 Å². The van der Waals surface area contributed by atoms with Crippen LogP contribution >= 0.6 is 0 Å². The van der Waals surface area contributed by atoms with Crippen molar-refractivity contribution in [1.82, 2.24) is 20.9 Å². The summed E-state index contributed by atoms with van der Waals surface area (Å²) in [5.41, 5.74) is 1.84. The number of methoxy groups -OCH3 is 2. The highest BCUT2D eigenvalue weighted by atomic mass is 19.4. The summed E-state index contributed by atoms with van der Waals surface area (Å²) in [6, 6.07) is 16.0. The molecule has 322 valence electrons. The Kier molecular flexibility index (Phi) is 14.6. The smallest absolute Gasteiger partial charge is 0.490 e. The van der Waals surface area contributed by atoms with E-state index in [-0.39, 0.29) is 42.7 Å². The molecule has 3 amide bonds. The normalized spacial score (nSPS) is 17.1. The lowest BCUT2D eigenvalue weighted by atomic mass is 9.85. The van der Waals surface area contributed by atoms with Crippen molar-refractivity contribution >= 4 is 17.9 Å². The fourth-order valence-electron chi connectivity index (χ4n) is 6.87. The minimum atomic E-state index is -4.99. The first-order chi connectivity index (χ1) is 28.3. The molecule has 0 saturated carbocycles. The number of hydrogen-bond acceptors (Lipinski definition) is 10. The van der Waals surface area contributed by atoms with Gasteiger partial charge < -0.3 is 45.1 Å². The third kappa shape index (κ3) is 12.3. The molecule has 0 aliphatic carbocycles. The fraction of sp³-hybridized carbons (Fsp3) is 0.395. The molecule has 5 N–H and O–H groups in total. The molecule has 1 unspecified atom stereocenters. The Bertz CT molecular complexity index is 2100. The van der Waals surface area contributed by atoms with Crippen LogP contribution < -0.4 is 30.2 Å². The van der Waals surface area contributed by atoms with E-state index in [1.807, 2.05) is 18.2 Å². The summed E-state index contributed by atoms with van der Waals surface area (Å²) in [6.45, 7) is 4.93. The summed E-state index contributed by atoms with van der Waals surface area (Å²) in [7, 11) is 2.66. The minimum Gasteiger partial charge on any atom is -0.490 e. The van der Waals surface area contributed by atoms with Crippen LogP contribution in [0.25, 0.3) is 11.1 Å². The number of benzene rings is 3. The number of fused-ring (bicyclic) bond motifs is 1. The Morgan fingerprint density at radius 1 is 0.900 bits per heavy atom. The number of alkyl carbamates (subject to hydrolysis) is 1. The maximum Gasteiger partial charge on any atom is 0.573 e. The summed E-state index contributed by atoms with van der Waals surface area (Å²) in [6.07, 6.45) is -7.58. The van der Waals surface area contributed by atoms with Crippen molar-refractivity contribution < 1.29 is 61.1 Å². The number of aliphatic hydroxyl groups is 2. The van der Waals surface area contributed by atoms with Crippen LogP contribution in [0.5, 0.6) is 17.4 Å². The van der Waals surface area contributed by atoms with E-state index in [0.717, 1.165) is 42.5 Å². The molecule has 0 fully saturated rings. The zero-order chi connectivity index (χ0) is 43.8. The number of amides is 3. The molecule has 0 spiro atoms. The van der Waals surface area contributed by atoms with E-state index in [1.54, 1.807) is 45.2 Å². The number of hydrogen-bond donors (Lipinski definition) is 5. The average molecular weight is 841 g/mol. The summed E-state index contributed by atoms with van der Waals surface area (Å²) in [5, 5.41) is 31.1. The monoisotopic (exact) mass is 840 g/mol. The number of carbonyl (C=O) groups is 3. The van der Waals surface area contributed by atoms with Gasteiger partial charge in [-0.3, -0.25) is 9.59 Å². The summed E-state index contributed by atoms with van der Waals surface area (Å²) < 4.78 is 73.4. The van der Waals surface area contributed by atoms with Crippen LogP contribution in [0.15, 0.2) is 85.1 Å². The second-order valence-electron chi connectivity index (χ2n) is 15.5. The Labute approximate surface area is 344 Å². The molecular weight excluding hydrogens is 792 g/mol. The molecule has 3 aromatic carbocycles. The highest BCUT2D eigenvalue weighted by molar-refractivity contribution is 5.86. The number of halogens is 4. The van der Waals surface area contributed by atoms with Crippen molar-refractivity contribution in [3.05, 3.63) is 108 Å². The summed E-state index contributed by atoms with van der Waals surface area (Å²) in [5.74, 6) is -3.12. The van der Waals surface area contributed by atoms with Crippen LogP contribution in [-0.2, 0) is 27.2 Å². The number of pyridine rings is 1. The largest absolute Gasteiger partial charge is 0.573 e. The van der Waals surface area contributed by atoms with E-state index in [4.69, 9.17) is 14.2 Å². The van der Waals surface area contributed by atoms with Gasteiger partial charge in [0.25, 0.3) is 0 Å². The number of aliphatic hydroxyl groups excluding tert-OH is 2. The van der Waals surface area contributed by atoms with Gasteiger partial charge in [-0.15, -0.1) is 13.2 Å². The Morgan fingerprint density at radius 2 is 1.62 bits per heavy atom. The summed E-state index contributed by atoms with van der Waals surface area (Å²) >= 11 is 0. The molecule has 60 heavy (non-hydrogen) atoms. The Hall–Kier alpha value is -5.94. The maximum atomic E-state index is 14.4. The second-order valence-corrected chi connectivity index (χ2v) is 15.5. The molecule has 13 nitrogen and oxygen atoms in total. The van der Waals surface area contributed by atoms with Crippen molar-refractivity contribution in [3.63, 3.8) is 0 Å². The highest BCUT2D eigenvalue weighted by Gasteiger charge is 2.38. The number of nitrogens with one attached hydrogen (secondary N) is 3. The maximum absolute atomic E-state index is 14.4. The molecule has 4 aromatic rings. The first-order valence-corrected chi connectivity index (χ1v) is 19.0. The van der Waals surface area contributed by atoms with Crippen LogP contribution in [0.1, 0.15) is 49.9 Å². The average Bonchev–Trinajstić information content (AvgIpc) is 3.19. The van der Waals surface area contributed by atoms with Gasteiger partial charge in [-0.2, -0.15) is 0 Å². The molecule has 0 bridgehead atoms. The van der Waals surface area contributed by atoms with Gasteiger partial charge in [0.1, 0.15) is 36.1 Å². The number of alkyl halides is 3. The van der Waals surface area contributed by atoms with E-state index < -0.39 is 77.5 Å². The zero-order valence-corrected chi connectivity index (χ0v) is 33.6. The third-order valence-electron chi connectivity index (χ3n) is 9.97. The van der Waals surface area contributed by atoms with Gasteiger partial charge in [0.05, 0.1) is 32.4 Å². The fourth-order valence-corrected chi connectivity index (χ4v) is 6.87. The first-order valence-electron chi connectivity index (χ1n) is 19.0. The van der Waals surface area contributed by atoms with Gasteiger partial charge in [-0.05, 0) is 77.8 Å². The standard InChI is InChI=1S/C43H48F4N4O9/c1-42(2,3)38(51-41(56)58-5)40(55)49-32(19-24-9-11-26(12-10-24)27-13-16-36(57-4)48-22-27)33(52)20-28(17-25-7-6-8-30(18-25)60-43(45,46)47)39(54)50-37-31-21-29(44)14-15-35(31)59-23-34(37)53/h6-16,18,21-22,28,32-34,37-38,52-53H,17,19-20,23H2,1-5H3,(H,49,55)(H,50,54)(H,51,56)/t28?,32-,33-,34+,37-,38+/m0/s1. The van der Waals surface area contributed by atoms with Gasteiger partial charge in [0, 0.05) is 29.3 Å². The quantitative estimate of drug-likeness (QED) is 0.0918. The van der Waals surface area contributed by atoms with Crippen LogP contribution in [-0.4, -0.2) is 84.6 Å². The molecule has 1 aliphatic heterocycles. The Morgan fingerprint density at radius 3 is 2.25 bits per heavy atom. The highest BCUT2D eigenvalue weighted by Crippen LogP contribution is 2.34. The third-order valence-corrected chi connectivity index (χ3v) is 9.97. The van der Waals surface area contributed by atoms with E-state index in [1.165, 1.54) is 25.3 Å². The van der Waals surface area contributed by atoms with Gasteiger partial charge in [0.2, 0.25) is 17.7 Å². The van der Waals surface area contributed by atoms with Crippen molar-refractivity contribution in [3.8, 4) is 28.5 Å². The molecular formula is C43H48F4N4O9. The van der Waals surface area contributed by atoms with Gasteiger partial charge in [0.15, 0.2) is 0 Å². The van der Waals surface area contributed by atoms with E-state index in [9.17, 15) is 42.2 Å². The number of rotatable bonds is 15. The zero-order valence-electron chi connectivity index (χ0n) is 33.6. The Balaban J connectivity index is 1.48. The van der Waals surface area contributed by atoms with Gasteiger partial charge in [-0.25, -0.2) is 14.2 Å². The van der Waals surface area contributed by atoms with E-state index >= 15 is 0 Å². The van der Waals surface area contributed by atoms with E-state index in [0.29, 0.717) is 11.4 Å². The van der Waals surface area contributed by atoms with Crippen LogP contribution in [0, 0.1) is 17.2 Å². The SMILES string of the molecule is COC(=O)N[C@H](C(=O)N[C@@H](Cc1ccc(-c2ccc(OC)nc2)cc1)[C@@H](O)CC(Cc1cccc(OC(F)(F)F)c1)C(=O)N[C@H]1c2cc(F)ccc2OC[C@H]1O)C(C)(C)C. The van der Waals surface area contributed by atoms with Crippen LogP contribution in [0.3, 0.4) is 0 Å². The van der Waals surface area contributed by atoms with Crippen molar-refractivity contribution in [2.24, 2.45) is 11.3 Å². The van der Waals surface area contributed by atoms with E-state index in [2.05, 4.69) is 25.7 Å². The van der Waals surface area contributed by atoms with Gasteiger partial charge in [-0.1, -0.05) is 57.2 Å². The molecule has 5 rings (SSSR count). The molecule has 0 radical (unpaired) electrons.